The van der Waals surface area contributed by atoms with Gasteiger partial charge in [-0.15, -0.1) is 4.80 Å². The zero-order chi connectivity index (χ0) is 22.1. The highest BCUT2D eigenvalue weighted by Crippen LogP contribution is 2.28. The number of anilines is 2. The Bertz CT molecular complexity index is 1270. The Kier molecular flexibility index (Phi) is 5.53. The Morgan fingerprint density at radius 1 is 1.16 bits per heavy atom. The molecule has 0 aliphatic heterocycles. The number of amides is 2. The predicted molar refractivity (Wildman–Crippen MR) is 115 cm³/mol. The lowest BCUT2D eigenvalue weighted by Crippen LogP contribution is -2.22. The van der Waals surface area contributed by atoms with E-state index < -0.39 is 6.03 Å². The summed E-state index contributed by atoms with van der Waals surface area (Å²) < 4.78 is 7.12. The summed E-state index contributed by atoms with van der Waals surface area (Å²) in [5.41, 5.74) is 3.76. The molecule has 0 aliphatic carbocycles. The molecule has 31 heavy (non-hydrogen) atoms. The Labute approximate surface area is 182 Å². The highest BCUT2D eigenvalue weighted by Gasteiger charge is 2.19. The first-order valence-corrected chi connectivity index (χ1v) is 9.74. The van der Waals surface area contributed by atoms with Crippen LogP contribution < -0.4 is 10.6 Å². The van der Waals surface area contributed by atoms with Crippen molar-refractivity contribution >= 4 is 34.7 Å². The van der Waals surface area contributed by atoms with E-state index in [4.69, 9.17) is 16.3 Å². The van der Waals surface area contributed by atoms with Crippen LogP contribution in [0.1, 0.15) is 30.0 Å². The standard InChI is InChI=1S/C19H20ClN9O2/c1-10-6-23-29(27-10)17-14(20)5-13(7-21-17)25-19(30)26-15-8-22-28-9-11(2)24-18(28)16(15)12(3)31-4/h5-9,12H,1-4H3,(H2,25,26,30)/t12-/m0/s1. The fourth-order valence-corrected chi connectivity index (χ4v) is 3.30. The Morgan fingerprint density at radius 3 is 2.65 bits per heavy atom. The Hall–Kier alpha value is -3.57. The van der Waals surface area contributed by atoms with Gasteiger partial charge < -0.3 is 15.4 Å². The summed E-state index contributed by atoms with van der Waals surface area (Å²) in [7, 11) is 1.59. The largest absolute Gasteiger partial charge is 0.377 e. The van der Waals surface area contributed by atoms with E-state index in [1.165, 1.54) is 11.0 Å². The molecule has 0 radical (unpaired) electrons. The van der Waals surface area contributed by atoms with Crippen molar-refractivity contribution < 1.29 is 9.53 Å². The average molecular weight is 442 g/mol. The molecule has 0 aliphatic rings. The van der Waals surface area contributed by atoms with E-state index in [1.807, 2.05) is 20.8 Å². The first kappa shape index (κ1) is 20.7. The molecule has 160 valence electrons. The number of aryl methyl sites for hydroxylation is 2. The van der Waals surface area contributed by atoms with Gasteiger partial charge in [0.15, 0.2) is 11.5 Å². The Morgan fingerprint density at radius 2 is 1.97 bits per heavy atom. The van der Waals surface area contributed by atoms with Crippen molar-refractivity contribution in [1.82, 2.24) is 34.6 Å². The van der Waals surface area contributed by atoms with Crippen molar-refractivity contribution in [2.45, 2.75) is 26.9 Å². The quantitative estimate of drug-likeness (QED) is 0.486. The lowest BCUT2D eigenvalue weighted by atomic mass is 10.1. The third-order valence-corrected chi connectivity index (χ3v) is 4.81. The molecule has 1 atom stereocenters. The van der Waals surface area contributed by atoms with Crippen LogP contribution >= 0.6 is 11.6 Å². The van der Waals surface area contributed by atoms with Crippen LogP contribution in [0.2, 0.25) is 5.02 Å². The van der Waals surface area contributed by atoms with Crippen molar-refractivity contribution in [2.75, 3.05) is 17.7 Å². The molecule has 0 unspecified atom stereocenters. The first-order valence-electron chi connectivity index (χ1n) is 9.36. The molecule has 11 nitrogen and oxygen atoms in total. The van der Waals surface area contributed by atoms with Crippen LogP contribution in [-0.4, -0.2) is 47.7 Å². The zero-order valence-electron chi connectivity index (χ0n) is 17.3. The lowest BCUT2D eigenvalue weighted by Gasteiger charge is -2.16. The predicted octanol–water partition coefficient (Wildman–Crippen LogP) is 3.33. The van der Waals surface area contributed by atoms with Gasteiger partial charge in [0.1, 0.15) is 0 Å². The zero-order valence-corrected chi connectivity index (χ0v) is 18.0. The molecule has 12 heteroatoms. The maximum absolute atomic E-state index is 12.6. The van der Waals surface area contributed by atoms with Crippen molar-refractivity contribution in [3.63, 3.8) is 0 Å². The number of fused-ring (bicyclic) bond motifs is 1. The van der Waals surface area contributed by atoms with Gasteiger partial charge in [0.05, 0.1) is 64.2 Å². The normalized spacial score (nSPS) is 12.2. The van der Waals surface area contributed by atoms with E-state index in [-0.39, 0.29) is 11.1 Å². The minimum atomic E-state index is -0.488. The third-order valence-electron chi connectivity index (χ3n) is 4.53. The summed E-state index contributed by atoms with van der Waals surface area (Å²) in [6.07, 6.45) is 6.11. The van der Waals surface area contributed by atoms with Crippen LogP contribution in [0.3, 0.4) is 0 Å². The van der Waals surface area contributed by atoms with E-state index in [0.29, 0.717) is 28.4 Å². The van der Waals surface area contributed by atoms with Gasteiger partial charge in [-0.2, -0.15) is 15.3 Å². The summed E-state index contributed by atoms with van der Waals surface area (Å²) in [6, 6.07) is 1.08. The van der Waals surface area contributed by atoms with Gasteiger partial charge in [0, 0.05) is 7.11 Å². The second kappa shape index (κ2) is 8.28. The molecule has 2 N–H and O–H groups in total. The second-order valence-corrected chi connectivity index (χ2v) is 7.29. The molecule has 0 aromatic carbocycles. The van der Waals surface area contributed by atoms with Crippen molar-refractivity contribution in [3.8, 4) is 5.82 Å². The number of carbonyl (C=O) groups excluding carboxylic acids is 1. The number of pyridine rings is 1. The molecule has 0 saturated heterocycles. The number of aromatic nitrogens is 7. The maximum atomic E-state index is 12.6. The van der Waals surface area contributed by atoms with E-state index in [1.54, 1.807) is 36.3 Å². The highest BCUT2D eigenvalue weighted by atomic mass is 35.5. The van der Waals surface area contributed by atoms with E-state index >= 15 is 0 Å². The number of urea groups is 1. The van der Waals surface area contributed by atoms with Gasteiger partial charge in [0.2, 0.25) is 0 Å². The summed E-state index contributed by atoms with van der Waals surface area (Å²) in [4.78, 5) is 22.7. The minimum absolute atomic E-state index is 0.290. The first-order chi connectivity index (χ1) is 14.9. The second-order valence-electron chi connectivity index (χ2n) is 6.88. The van der Waals surface area contributed by atoms with Crippen molar-refractivity contribution in [3.05, 3.63) is 52.8 Å². The number of rotatable bonds is 5. The molecule has 4 aromatic heterocycles. The minimum Gasteiger partial charge on any atom is -0.377 e. The molecule has 0 fully saturated rings. The SMILES string of the molecule is CO[C@@H](C)c1c(NC(=O)Nc2cnc(-n3ncc(C)n3)c(Cl)c2)cnn2cc(C)nc12. The maximum Gasteiger partial charge on any atom is 0.323 e. The smallest absolute Gasteiger partial charge is 0.323 e. The van der Waals surface area contributed by atoms with Crippen LogP contribution in [0.5, 0.6) is 0 Å². The van der Waals surface area contributed by atoms with Gasteiger partial charge in [-0.25, -0.2) is 19.3 Å². The third kappa shape index (κ3) is 4.18. The summed E-state index contributed by atoms with van der Waals surface area (Å²) in [6.45, 7) is 5.56. The summed E-state index contributed by atoms with van der Waals surface area (Å²) >= 11 is 6.30. The van der Waals surface area contributed by atoms with Gasteiger partial charge >= 0.3 is 6.03 Å². The van der Waals surface area contributed by atoms with E-state index in [2.05, 4.69) is 35.9 Å². The van der Waals surface area contributed by atoms with Gasteiger partial charge in [-0.05, 0) is 26.8 Å². The van der Waals surface area contributed by atoms with Crippen LogP contribution in [-0.2, 0) is 4.74 Å². The average Bonchev–Trinajstić information content (AvgIpc) is 3.32. The molecule has 0 spiro atoms. The fraction of sp³-hybridized carbons (Fsp3) is 0.263. The van der Waals surface area contributed by atoms with Crippen LogP contribution in [0.4, 0.5) is 16.2 Å². The molecule has 4 rings (SSSR count). The Balaban J connectivity index is 1.56. The molecule has 4 heterocycles. The molecule has 4 aromatic rings. The number of nitrogens with one attached hydrogen (secondary N) is 2. The number of imidazole rings is 1. The molecule has 2 amide bonds. The molecular formula is C19H20ClN9O2. The van der Waals surface area contributed by atoms with Crippen molar-refractivity contribution in [2.24, 2.45) is 0 Å². The van der Waals surface area contributed by atoms with E-state index in [9.17, 15) is 4.79 Å². The van der Waals surface area contributed by atoms with Crippen LogP contribution in [0.25, 0.3) is 11.5 Å². The summed E-state index contributed by atoms with van der Waals surface area (Å²) in [5, 5.41) is 18.4. The molecule has 0 bridgehead atoms. The lowest BCUT2D eigenvalue weighted by molar-refractivity contribution is 0.120. The molecular weight excluding hydrogens is 422 g/mol. The molecule has 0 saturated carbocycles. The van der Waals surface area contributed by atoms with Gasteiger partial charge in [-0.1, -0.05) is 11.6 Å². The van der Waals surface area contributed by atoms with Gasteiger partial charge in [0.25, 0.3) is 0 Å². The number of hydrogen-bond donors (Lipinski definition) is 2. The number of hydrogen-bond acceptors (Lipinski definition) is 7. The van der Waals surface area contributed by atoms with Gasteiger partial charge in [-0.3, -0.25) is 0 Å². The number of ether oxygens (including phenoxy) is 1. The van der Waals surface area contributed by atoms with E-state index in [0.717, 1.165) is 11.4 Å². The number of carbonyl (C=O) groups is 1. The number of halogens is 1. The number of methoxy groups -OCH3 is 1. The number of nitrogens with zero attached hydrogens (tertiary/aromatic N) is 7. The fourth-order valence-electron chi connectivity index (χ4n) is 3.06. The topological polar surface area (TPSA) is 124 Å². The van der Waals surface area contributed by atoms with Crippen LogP contribution in [0.15, 0.2) is 30.9 Å². The summed E-state index contributed by atoms with van der Waals surface area (Å²) in [5.74, 6) is 0.362. The van der Waals surface area contributed by atoms with Crippen LogP contribution in [0, 0.1) is 13.8 Å². The monoisotopic (exact) mass is 441 g/mol. The van der Waals surface area contributed by atoms with Crippen molar-refractivity contribution in [1.29, 1.82) is 0 Å². The highest BCUT2D eigenvalue weighted by molar-refractivity contribution is 6.32.